The average Bonchev–Trinajstić information content (AvgIpc) is 3.50. The van der Waals surface area contributed by atoms with Crippen molar-refractivity contribution in [1.29, 1.82) is 5.26 Å². The van der Waals surface area contributed by atoms with Crippen LogP contribution in [0.25, 0.3) is 78.4 Å². The molecule has 210 valence electrons. The van der Waals surface area contributed by atoms with E-state index in [1.165, 1.54) is 0 Å². The molecule has 0 amide bonds. The summed E-state index contributed by atoms with van der Waals surface area (Å²) < 4.78 is 6.55. The minimum atomic E-state index is 0.471. The van der Waals surface area contributed by atoms with Crippen molar-refractivity contribution in [2.45, 2.75) is 0 Å². The van der Waals surface area contributed by atoms with Gasteiger partial charge < -0.3 is 4.42 Å². The predicted molar refractivity (Wildman–Crippen MR) is 179 cm³/mol. The van der Waals surface area contributed by atoms with Crippen LogP contribution < -0.4 is 0 Å². The van der Waals surface area contributed by atoms with Crippen molar-refractivity contribution in [1.82, 2.24) is 15.0 Å². The van der Waals surface area contributed by atoms with E-state index in [-0.39, 0.29) is 0 Å². The van der Waals surface area contributed by atoms with Gasteiger partial charge in [-0.05, 0) is 34.9 Å². The number of para-hydroxylation sites is 1. The Kier molecular flexibility index (Phi) is 6.44. The molecule has 0 spiro atoms. The Labute approximate surface area is 259 Å². The summed E-state index contributed by atoms with van der Waals surface area (Å²) in [5.74, 6) is 1.57. The monoisotopic (exact) mass is 576 g/mol. The molecule has 8 rings (SSSR count). The van der Waals surface area contributed by atoms with Gasteiger partial charge >= 0.3 is 0 Å². The van der Waals surface area contributed by atoms with Crippen LogP contribution in [0.2, 0.25) is 0 Å². The third kappa shape index (κ3) is 4.71. The Morgan fingerprint density at radius 3 is 1.73 bits per heavy atom. The number of nitrogens with zero attached hydrogens (tertiary/aromatic N) is 4. The Morgan fingerprint density at radius 1 is 0.444 bits per heavy atom. The topological polar surface area (TPSA) is 75.6 Å². The highest BCUT2D eigenvalue weighted by Crippen LogP contribution is 2.42. The third-order valence-electron chi connectivity index (χ3n) is 8.03. The number of rotatable bonds is 5. The summed E-state index contributed by atoms with van der Waals surface area (Å²) in [6.45, 7) is 0. The minimum Gasteiger partial charge on any atom is -0.455 e. The lowest BCUT2D eigenvalue weighted by molar-refractivity contribution is 0.669. The maximum absolute atomic E-state index is 10.0. The van der Waals surface area contributed by atoms with Crippen LogP contribution >= 0.6 is 0 Å². The number of aromatic nitrogens is 3. The fourth-order valence-electron chi connectivity index (χ4n) is 5.83. The van der Waals surface area contributed by atoms with Gasteiger partial charge in [0.15, 0.2) is 17.5 Å². The number of fused-ring (bicyclic) bond motifs is 3. The van der Waals surface area contributed by atoms with Crippen molar-refractivity contribution < 1.29 is 4.42 Å². The van der Waals surface area contributed by atoms with Crippen LogP contribution in [0.5, 0.6) is 0 Å². The molecule has 2 heterocycles. The zero-order chi connectivity index (χ0) is 30.2. The lowest BCUT2D eigenvalue weighted by Crippen LogP contribution is -2.01. The molecule has 5 heteroatoms. The quantitative estimate of drug-likeness (QED) is 0.204. The molecule has 0 atom stereocenters. The van der Waals surface area contributed by atoms with Gasteiger partial charge in [0.05, 0.1) is 17.2 Å². The van der Waals surface area contributed by atoms with E-state index in [4.69, 9.17) is 19.4 Å². The van der Waals surface area contributed by atoms with E-state index in [0.29, 0.717) is 34.2 Å². The SMILES string of the molecule is N#Cc1ccccc1-c1ccc2c(oc3ccccc32)c1-c1nc(-c2ccccc2)nc(-c2ccc(-c3ccccc3)cc2)n1. The third-order valence-corrected chi connectivity index (χ3v) is 8.03. The Balaban J connectivity index is 1.41. The molecule has 0 aliphatic rings. The van der Waals surface area contributed by atoms with Crippen molar-refractivity contribution in [2.75, 3.05) is 0 Å². The highest BCUT2D eigenvalue weighted by atomic mass is 16.3. The van der Waals surface area contributed by atoms with E-state index in [1.54, 1.807) is 0 Å². The van der Waals surface area contributed by atoms with Crippen LogP contribution in [-0.2, 0) is 0 Å². The number of benzene rings is 6. The van der Waals surface area contributed by atoms with E-state index in [2.05, 4.69) is 42.5 Å². The maximum atomic E-state index is 10.0. The molecule has 45 heavy (non-hydrogen) atoms. The molecule has 0 N–H and O–H groups in total. The molecule has 0 fully saturated rings. The first-order valence-electron chi connectivity index (χ1n) is 14.7. The van der Waals surface area contributed by atoms with Crippen molar-refractivity contribution in [3.8, 4) is 62.5 Å². The lowest BCUT2D eigenvalue weighted by Gasteiger charge is -2.13. The number of furan rings is 1. The summed E-state index contributed by atoms with van der Waals surface area (Å²) in [4.78, 5) is 15.1. The smallest absolute Gasteiger partial charge is 0.168 e. The van der Waals surface area contributed by atoms with Gasteiger partial charge in [0.2, 0.25) is 0 Å². The van der Waals surface area contributed by atoms with E-state index < -0.39 is 0 Å². The van der Waals surface area contributed by atoms with Gasteiger partial charge in [-0.3, -0.25) is 0 Å². The maximum Gasteiger partial charge on any atom is 0.168 e. The van der Waals surface area contributed by atoms with Crippen molar-refractivity contribution in [3.63, 3.8) is 0 Å². The van der Waals surface area contributed by atoms with Crippen molar-refractivity contribution >= 4 is 21.9 Å². The molecule has 0 aliphatic heterocycles. The van der Waals surface area contributed by atoms with Crippen LogP contribution in [0.3, 0.4) is 0 Å². The molecule has 8 aromatic rings. The van der Waals surface area contributed by atoms with Gasteiger partial charge in [-0.2, -0.15) is 5.26 Å². The van der Waals surface area contributed by atoms with Crippen LogP contribution in [0.15, 0.2) is 150 Å². The fraction of sp³-hybridized carbons (Fsp3) is 0. The van der Waals surface area contributed by atoms with E-state index in [1.807, 2.05) is 109 Å². The molecular formula is C40H24N4O. The van der Waals surface area contributed by atoms with E-state index >= 15 is 0 Å². The average molecular weight is 577 g/mol. The second-order valence-electron chi connectivity index (χ2n) is 10.7. The largest absolute Gasteiger partial charge is 0.455 e. The zero-order valence-electron chi connectivity index (χ0n) is 24.1. The van der Waals surface area contributed by atoms with Crippen LogP contribution in [0.4, 0.5) is 0 Å². The summed E-state index contributed by atoms with van der Waals surface area (Å²) in [5, 5.41) is 12.0. The van der Waals surface area contributed by atoms with Gasteiger partial charge in [0.1, 0.15) is 11.2 Å². The van der Waals surface area contributed by atoms with Crippen LogP contribution in [0, 0.1) is 11.3 Å². The van der Waals surface area contributed by atoms with Gasteiger partial charge in [-0.15, -0.1) is 0 Å². The van der Waals surface area contributed by atoms with E-state index in [9.17, 15) is 5.26 Å². The number of nitriles is 1. The van der Waals surface area contributed by atoms with Gasteiger partial charge in [0, 0.05) is 27.5 Å². The van der Waals surface area contributed by atoms with Gasteiger partial charge in [-0.1, -0.05) is 127 Å². The summed E-state index contributed by atoms with van der Waals surface area (Å²) in [6, 6.07) is 50.5. The molecule has 0 radical (unpaired) electrons. The molecule has 0 saturated heterocycles. The van der Waals surface area contributed by atoms with Gasteiger partial charge in [0.25, 0.3) is 0 Å². The second kappa shape index (κ2) is 11.0. The minimum absolute atomic E-state index is 0.471. The first kappa shape index (κ1) is 26.3. The predicted octanol–water partition coefficient (Wildman–Crippen LogP) is 9.98. The first-order chi connectivity index (χ1) is 22.3. The summed E-state index contributed by atoms with van der Waals surface area (Å²) in [7, 11) is 0. The summed E-state index contributed by atoms with van der Waals surface area (Å²) in [5.41, 5.74) is 8.30. The highest BCUT2D eigenvalue weighted by molar-refractivity contribution is 6.12. The fourth-order valence-corrected chi connectivity index (χ4v) is 5.83. The molecule has 6 aromatic carbocycles. The molecule has 0 saturated carbocycles. The van der Waals surface area contributed by atoms with Crippen LogP contribution in [0.1, 0.15) is 5.56 Å². The molecule has 2 aromatic heterocycles. The highest BCUT2D eigenvalue weighted by Gasteiger charge is 2.23. The van der Waals surface area contributed by atoms with Crippen LogP contribution in [-0.4, -0.2) is 15.0 Å². The summed E-state index contributed by atoms with van der Waals surface area (Å²) in [6.07, 6.45) is 0. The Hall–Kier alpha value is -6.38. The molecule has 0 unspecified atom stereocenters. The number of hydrogen-bond donors (Lipinski definition) is 0. The second-order valence-corrected chi connectivity index (χ2v) is 10.7. The lowest BCUT2D eigenvalue weighted by atomic mass is 9.93. The van der Waals surface area contributed by atoms with E-state index in [0.717, 1.165) is 49.7 Å². The normalized spacial score (nSPS) is 11.1. The molecule has 0 aliphatic carbocycles. The molecule has 0 bridgehead atoms. The van der Waals surface area contributed by atoms with Crippen molar-refractivity contribution in [3.05, 3.63) is 151 Å². The van der Waals surface area contributed by atoms with Gasteiger partial charge in [-0.25, -0.2) is 15.0 Å². The summed E-state index contributed by atoms with van der Waals surface area (Å²) >= 11 is 0. The molecular weight excluding hydrogens is 552 g/mol. The first-order valence-corrected chi connectivity index (χ1v) is 14.7. The standard InChI is InChI=1S/C40H24N4O/c41-25-30-15-7-8-16-31(30)33-23-24-34-32-17-9-10-18-35(32)45-37(34)36(33)40-43-38(28-13-5-2-6-14-28)42-39(44-40)29-21-19-27(20-22-29)26-11-3-1-4-12-26/h1-24H. The van der Waals surface area contributed by atoms with Crippen molar-refractivity contribution in [2.24, 2.45) is 0 Å². The number of hydrogen-bond acceptors (Lipinski definition) is 5. The zero-order valence-corrected chi connectivity index (χ0v) is 24.1. The Morgan fingerprint density at radius 2 is 1.00 bits per heavy atom. The molecule has 5 nitrogen and oxygen atoms in total. The Bertz CT molecular complexity index is 2370.